The normalized spacial score (nSPS) is 27.9. The molecule has 0 spiro atoms. The predicted molar refractivity (Wildman–Crippen MR) is 198 cm³/mol. The van der Waals surface area contributed by atoms with E-state index in [2.05, 4.69) is 107 Å². The molecule has 0 amide bonds. The molecule has 4 rings (SSSR count). The minimum Gasteiger partial charge on any atom is -0.497 e. The second-order valence-corrected chi connectivity index (χ2v) is 14.9. The van der Waals surface area contributed by atoms with E-state index < -0.39 is 0 Å². The van der Waals surface area contributed by atoms with E-state index in [-0.39, 0.29) is 6.04 Å². The Morgan fingerprint density at radius 1 is 0.978 bits per heavy atom. The van der Waals surface area contributed by atoms with Crippen LogP contribution >= 0.6 is 0 Å². The van der Waals surface area contributed by atoms with Crippen molar-refractivity contribution >= 4 is 0 Å². The standard InChI is InChI=1S/C43H62N2O/c1-29(2)24-39-25-30(3)22-23-44-35(8)42(27-36-19-18-31(4)43(46-9)21-20-36)45-33(6)14-13-17-38(26-32(39)5)34(7)40-28-41(40)37-15-11-10-12-16-37/h10-12,15-16,18,20-21,29,34,38-42,44-45H,3,5-6,8,13-14,17,19,22-28H2,1-2,4,7,9H3/t34?,38-,39?,40?,41?,42-/m1/s1. The number of allylic oxidation sites excluding steroid dienone is 6. The summed E-state index contributed by atoms with van der Waals surface area (Å²) in [5, 5.41) is 7.46. The highest BCUT2D eigenvalue weighted by Gasteiger charge is 2.44. The summed E-state index contributed by atoms with van der Waals surface area (Å²) in [4.78, 5) is 0. The maximum atomic E-state index is 5.59. The molecule has 3 heteroatoms. The van der Waals surface area contributed by atoms with Crippen LogP contribution in [0.2, 0.25) is 0 Å². The van der Waals surface area contributed by atoms with Gasteiger partial charge in [-0.2, -0.15) is 0 Å². The van der Waals surface area contributed by atoms with E-state index in [0.29, 0.717) is 29.6 Å². The summed E-state index contributed by atoms with van der Waals surface area (Å²) in [7, 11) is 1.74. The number of nitrogens with one attached hydrogen (secondary N) is 2. The van der Waals surface area contributed by atoms with E-state index in [1.165, 1.54) is 47.1 Å². The first kappa shape index (κ1) is 35.7. The van der Waals surface area contributed by atoms with E-state index in [4.69, 9.17) is 11.3 Å². The molecule has 0 radical (unpaired) electrons. The summed E-state index contributed by atoms with van der Waals surface area (Å²) in [6, 6.07) is 11.2. The van der Waals surface area contributed by atoms with Gasteiger partial charge in [0.05, 0.1) is 13.2 Å². The van der Waals surface area contributed by atoms with Crippen molar-refractivity contribution in [3.05, 3.63) is 120 Å². The van der Waals surface area contributed by atoms with Crippen LogP contribution in [-0.2, 0) is 4.74 Å². The number of ether oxygens (including phenoxy) is 1. The van der Waals surface area contributed by atoms with Gasteiger partial charge in [0.25, 0.3) is 0 Å². The molecule has 1 aliphatic heterocycles. The molecule has 1 saturated heterocycles. The van der Waals surface area contributed by atoms with Crippen LogP contribution in [0.4, 0.5) is 0 Å². The fourth-order valence-electron chi connectivity index (χ4n) is 7.80. The van der Waals surface area contributed by atoms with Crippen LogP contribution in [0.1, 0.15) is 103 Å². The highest BCUT2D eigenvalue weighted by Crippen LogP contribution is 2.55. The van der Waals surface area contributed by atoms with Crippen molar-refractivity contribution in [3.8, 4) is 0 Å². The van der Waals surface area contributed by atoms with Gasteiger partial charge in [0.2, 0.25) is 0 Å². The second-order valence-electron chi connectivity index (χ2n) is 14.9. The molecule has 1 aromatic carbocycles. The zero-order chi connectivity index (χ0) is 33.2. The molecule has 0 aromatic heterocycles. The fraction of sp³-hybridized carbons (Fsp3) is 0.535. The van der Waals surface area contributed by atoms with Crippen molar-refractivity contribution in [1.82, 2.24) is 10.6 Å². The van der Waals surface area contributed by atoms with Gasteiger partial charge in [-0.3, -0.25) is 0 Å². The SMILES string of the molecule is C=C1CCNC(=C)[C@@H](CC2=CC=C(OC)C(C)=CC2)NC(=C)CCC[C@@H](C(C)C2CC2c2ccccc2)CC(=C)C(CC(C)C)C1. The van der Waals surface area contributed by atoms with Gasteiger partial charge in [-0.05, 0) is 124 Å². The Labute approximate surface area is 281 Å². The van der Waals surface area contributed by atoms with Crippen LogP contribution in [0.25, 0.3) is 0 Å². The topological polar surface area (TPSA) is 33.3 Å². The van der Waals surface area contributed by atoms with Gasteiger partial charge in [0.15, 0.2) is 0 Å². The largest absolute Gasteiger partial charge is 0.497 e. The molecule has 2 aliphatic carbocycles. The molecule has 6 atom stereocenters. The van der Waals surface area contributed by atoms with Crippen LogP contribution < -0.4 is 10.6 Å². The minimum absolute atomic E-state index is 0.0763. The number of hydrogen-bond acceptors (Lipinski definition) is 3. The highest BCUT2D eigenvalue weighted by atomic mass is 16.5. The molecule has 2 fully saturated rings. The summed E-state index contributed by atoms with van der Waals surface area (Å²) in [6.07, 6.45) is 17.3. The van der Waals surface area contributed by atoms with Gasteiger partial charge in [-0.25, -0.2) is 0 Å². The first-order chi connectivity index (χ1) is 22.0. The summed E-state index contributed by atoms with van der Waals surface area (Å²) in [6.45, 7) is 28.5. The lowest BCUT2D eigenvalue weighted by Crippen LogP contribution is -2.36. The lowest BCUT2D eigenvalue weighted by atomic mass is 9.76. The highest BCUT2D eigenvalue weighted by molar-refractivity contribution is 5.35. The molecule has 4 unspecified atom stereocenters. The molecule has 1 heterocycles. The number of benzene rings is 1. The Hall–Kier alpha value is -3.20. The number of hydrogen-bond donors (Lipinski definition) is 2. The fourth-order valence-corrected chi connectivity index (χ4v) is 7.80. The number of methoxy groups -OCH3 is 1. The maximum absolute atomic E-state index is 5.59. The smallest absolute Gasteiger partial charge is 0.121 e. The zero-order valence-corrected chi connectivity index (χ0v) is 29.7. The average molecular weight is 623 g/mol. The van der Waals surface area contributed by atoms with Crippen LogP contribution in [0.5, 0.6) is 0 Å². The van der Waals surface area contributed by atoms with Gasteiger partial charge in [0, 0.05) is 17.9 Å². The Balaban J connectivity index is 1.51. The minimum atomic E-state index is 0.0763. The summed E-state index contributed by atoms with van der Waals surface area (Å²) < 4.78 is 5.59. The molecular formula is C43H62N2O. The Bertz CT molecular complexity index is 1310. The molecule has 0 bridgehead atoms. The van der Waals surface area contributed by atoms with Crippen LogP contribution in [0.3, 0.4) is 0 Å². The van der Waals surface area contributed by atoms with Crippen molar-refractivity contribution in [2.24, 2.45) is 29.6 Å². The Morgan fingerprint density at radius 2 is 1.74 bits per heavy atom. The summed E-state index contributed by atoms with van der Waals surface area (Å²) in [5.41, 5.74) is 8.95. The van der Waals surface area contributed by atoms with Gasteiger partial charge >= 0.3 is 0 Å². The Kier molecular flexibility index (Phi) is 13.2. The van der Waals surface area contributed by atoms with Crippen LogP contribution in [-0.4, -0.2) is 19.7 Å². The van der Waals surface area contributed by atoms with E-state index in [1.54, 1.807) is 7.11 Å². The number of rotatable bonds is 8. The van der Waals surface area contributed by atoms with E-state index in [1.807, 2.05) is 0 Å². The zero-order valence-electron chi connectivity index (χ0n) is 29.7. The van der Waals surface area contributed by atoms with Gasteiger partial charge in [-0.1, -0.05) is 106 Å². The molecule has 2 N–H and O–H groups in total. The molecule has 1 saturated carbocycles. The van der Waals surface area contributed by atoms with Crippen molar-refractivity contribution in [2.75, 3.05) is 13.7 Å². The van der Waals surface area contributed by atoms with Crippen molar-refractivity contribution in [3.63, 3.8) is 0 Å². The summed E-state index contributed by atoms with van der Waals surface area (Å²) in [5.74, 6) is 4.85. The molecule has 3 nitrogen and oxygen atoms in total. The van der Waals surface area contributed by atoms with Crippen LogP contribution in [0.15, 0.2) is 114 Å². The Morgan fingerprint density at radius 3 is 2.46 bits per heavy atom. The first-order valence-electron chi connectivity index (χ1n) is 17.9. The quantitative estimate of drug-likeness (QED) is 0.283. The first-order valence-corrected chi connectivity index (χ1v) is 17.9. The van der Waals surface area contributed by atoms with Gasteiger partial charge < -0.3 is 15.4 Å². The third kappa shape index (κ3) is 10.4. The average Bonchev–Trinajstić information content (AvgIpc) is 3.84. The third-order valence-corrected chi connectivity index (χ3v) is 10.8. The van der Waals surface area contributed by atoms with Crippen molar-refractivity contribution < 1.29 is 4.74 Å². The lowest BCUT2D eigenvalue weighted by molar-refractivity contribution is 0.278. The molecule has 250 valence electrons. The van der Waals surface area contributed by atoms with Gasteiger partial charge in [-0.15, -0.1) is 0 Å². The van der Waals surface area contributed by atoms with E-state index >= 15 is 0 Å². The van der Waals surface area contributed by atoms with Crippen molar-refractivity contribution in [1.29, 1.82) is 0 Å². The monoisotopic (exact) mass is 622 g/mol. The second kappa shape index (κ2) is 17.1. The molecule has 1 aromatic rings. The molecule has 3 aliphatic rings. The summed E-state index contributed by atoms with van der Waals surface area (Å²) >= 11 is 0. The third-order valence-electron chi connectivity index (χ3n) is 10.8. The van der Waals surface area contributed by atoms with Crippen LogP contribution in [0, 0.1) is 29.6 Å². The maximum Gasteiger partial charge on any atom is 0.121 e. The molecule has 46 heavy (non-hydrogen) atoms. The van der Waals surface area contributed by atoms with Gasteiger partial charge in [0.1, 0.15) is 5.76 Å². The lowest BCUT2D eigenvalue weighted by Gasteiger charge is -2.31. The predicted octanol–water partition coefficient (Wildman–Crippen LogP) is 10.9. The van der Waals surface area contributed by atoms with E-state index in [0.717, 1.165) is 74.6 Å². The van der Waals surface area contributed by atoms with Crippen molar-refractivity contribution in [2.45, 2.75) is 104 Å². The van der Waals surface area contributed by atoms with E-state index in [9.17, 15) is 0 Å². The molecular weight excluding hydrogens is 560 g/mol.